The number of piperidine rings is 1. The lowest BCUT2D eigenvalue weighted by molar-refractivity contribution is -0.540. The number of hydrogen-bond donors (Lipinski definition) is 0. The molecule has 0 aliphatic carbocycles. The molecule has 2 aromatic rings. The van der Waals surface area contributed by atoms with Gasteiger partial charge in [0, 0.05) is 25.1 Å². The van der Waals surface area contributed by atoms with Crippen LogP contribution in [-0.2, 0) is 16.0 Å². The number of likely N-dealkylation sites (tertiary alicyclic amines) is 1. The highest BCUT2D eigenvalue weighted by Gasteiger charge is 2.69. The summed E-state index contributed by atoms with van der Waals surface area (Å²) in [7, 11) is 1.68. The second-order valence-corrected chi connectivity index (χ2v) is 8.86. The van der Waals surface area contributed by atoms with Crippen molar-refractivity contribution in [3.8, 4) is 0 Å². The zero-order valence-corrected chi connectivity index (χ0v) is 17.4. The number of rotatable bonds is 2. The van der Waals surface area contributed by atoms with E-state index in [1.807, 2.05) is 54.6 Å². The molecule has 0 saturated carbocycles. The maximum atomic E-state index is 14.1. The highest BCUT2D eigenvalue weighted by molar-refractivity contribution is 6.08. The Kier molecular flexibility index (Phi) is 4.57. The number of carbonyl (C=O) groups excluding carboxylic acids is 2. The molecule has 2 fully saturated rings. The van der Waals surface area contributed by atoms with Crippen LogP contribution in [0.3, 0.4) is 0 Å². The summed E-state index contributed by atoms with van der Waals surface area (Å²) in [6.07, 6.45) is 1.79. The minimum absolute atomic E-state index is 0.253. The summed E-state index contributed by atoms with van der Waals surface area (Å²) in [5, 5.41) is 12.7. The van der Waals surface area contributed by atoms with Gasteiger partial charge in [-0.2, -0.15) is 0 Å². The van der Waals surface area contributed by atoms with Crippen LogP contribution in [0.15, 0.2) is 54.6 Å². The predicted molar refractivity (Wildman–Crippen MR) is 114 cm³/mol. The first-order valence-corrected chi connectivity index (χ1v) is 10.8. The van der Waals surface area contributed by atoms with Crippen molar-refractivity contribution < 1.29 is 14.5 Å². The van der Waals surface area contributed by atoms with Crippen molar-refractivity contribution in [1.82, 2.24) is 9.80 Å². The summed E-state index contributed by atoms with van der Waals surface area (Å²) in [5.74, 6) is -1.37. The van der Waals surface area contributed by atoms with Gasteiger partial charge in [0.1, 0.15) is 11.5 Å². The van der Waals surface area contributed by atoms with E-state index < -0.39 is 23.4 Å². The van der Waals surface area contributed by atoms with Gasteiger partial charge in [0.2, 0.25) is 17.9 Å². The summed E-state index contributed by atoms with van der Waals surface area (Å²) in [5.41, 5.74) is 1.14. The molecule has 5 rings (SSSR count). The van der Waals surface area contributed by atoms with Gasteiger partial charge in [-0.25, -0.2) is 0 Å². The molecule has 3 heterocycles. The fourth-order valence-electron chi connectivity index (χ4n) is 6.02. The monoisotopic (exact) mass is 419 g/mol. The van der Waals surface area contributed by atoms with Crippen LogP contribution in [0.4, 0.5) is 0 Å². The van der Waals surface area contributed by atoms with Crippen LogP contribution in [0, 0.1) is 15.5 Å². The number of amides is 2. The highest BCUT2D eigenvalue weighted by atomic mass is 16.6. The van der Waals surface area contributed by atoms with E-state index in [1.54, 1.807) is 16.8 Å². The Morgan fingerprint density at radius 1 is 1.00 bits per heavy atom. The van der Waals surface area contributed by atoms with E-state index >= 15 is 0 Å². The van der Waals surface area contributed by atoms with E-state index in [2.05, 4.69) is 0 Å². The highest BCUT2D eigenvalue weighted by Crippen LogP contribution is 2.56. The first-order chi connectivity index (χ1) is 15.0. The van der Waals surface area contributed by atoms with E-state index in [0.717, 1.165) is 24.0 Å². The van der Waals surface area contributed by atoms with Gasteiger partial charge in [-0.15, -0.1) is 0 Å². The number of aryl methyl sites for hydroxylation is 1. The molecule has 2 aromatic carbocycles. The van der Waals surface area contributed by atoms with Gasteiger partial charge in [0.25, 0.3) is 0 Å². The standard InChI is InChI=1S/C24H25N3O4/c1-25-15-13-24(22(25)28)19(17-9-3-2-4-10-17)21(27(30)31)20-18-12-6-5-8-16(18)11-7-14-26(20)23(24)29/h2-6,8-10,12,19-21H,7,11,13-15H2,1H3/t19-,20+,21-,24+/m0/s1. The number of nitro groups is 1. The summed E-state index contributed by atoms with van der Waals surface area (Å²) in [4.78, 5) is 43.3. The fourth-order valence-corrected chi connectivity index (χ4v) is 6.02. The molecular weight excluding hydrogens is 394 g/mol. The Morgan fingerprint density at radius 2 is 1.71 bits per heavy atom. The normalized spacial score (nSPS) is 30.2. The number of carbonyl (C=O) groups is 2. The van der Waals surface area contributed by atoms with Gasteiger partial charge >= 0.3 is 0 Å². The number of nitrogens with zero attached hydrogens (tertiary/aromatic N) is 3. The SMILES string of the molecule is CN1CC[C@@]2(C1=O)C(=O)N1CCCc3ccccc3[C@@H]1[C@@H]([N+](=O)[O-])[C@@H]2c1ccccc1. The molecule has 1 spiro atoms. The third-order valence-corrected chi connectivity index (χ3v) is 7.37. The third kappa shape index (κ3) is 2.72. The van der Waals surface area contributed by atoms with Crippen LogP contribution in [0.5, 0.6) is 0 Å². The van der Waals surface area contributed by atoms with Gasteiger partial charge in [-0.3, -0.25) is 19.7 Å². The lowest BCUT2D eigenvalue weighted by Gasteiger charge is -2.48. The Balaban J connectivity index is 1.79. The first kappa shape index (κ1) is 19.7. The first-order valence-electron chi connectivity index (χ1n) is 10.8. The Morgan fingerprint density at radius 3 is 2.39 bits per heavy atom. The van der Waals surface area contributed by atoms with Crippen molar-refractivity contribution in [3.63, 3.8) is 0 Å². The van der Waals surface area contributed by atoms with Crippen LogP contribution in [0.25, 0.3) is 0 Å². The summed E-state index contributed by atoms with van der Waals surface area (Å²) in [6, 6.07) is 15.1. The van der Waals surface area contributed by atoms with Crippen LogP contribution >= 0.6 is 0 Å². The van der Waals surface area contributed by atoms with Crippen molar-refractivity contribution in [1.29, 1.82) is 0 Å². The van der Waals surface area contributed by atoms with E-state index in [0.29, 0.717) is 25.1 Å². The minimum atomic E-state index is -1.43. The van der Waals surface area contributed by atoms with E-state index in [1.165, 1.54) is 0 Å². The quantitative estimate of drug-likeness (QED) is 0.426. The second kappa shape index (κ2) is 7.18. The average molecular weight is 419 g/mol. The Labute approximate surface area is 180 Å². The number of fused-ring (bicyclic) bond motifs is 3. The van der Waals surface area contributed by atoms with Crippen molar-refractivity contribution in [2.45, 2.75) is 37.3 Å². The maximum absolute atomic E-state index is 14.1. The lowest BCUT2D eigenvalue weighted by atomic mass is 9.61. The molecule has 0 radical (unpaired) electrons. The molecular formula is C24H25N3O4. The van der Waals surface area contributed by atoms with Crippen LogP contribution in [0.2, 0.25) is 0 Å². The molecule has 2 saturated heterocycles. The second-order valence-electron chi connectivity index (χ2n) is 8.86. The summed E-state index contributed by atoms with van der Waals surface area (Å²) >= 11 is 0. The lowest BCUT2D eigenvalue weighted by Crippen LogP contribution is -2.63. The minimum Gasteiger partial charge on any atom is -0.345 e. The van der Waals surface area contributed by atoms with Crippen LogP contribution in [-0.4, -0.2) is 52.7 Å². The molecule has 7 heteroatoms. The largest absolute Gasteiger partial charge is 0.345 e. The van der Waals surface area contributed by atoms with Crippen molar-refractivity contribution in [2.24, 2.45) is 5.41 Å². The van der Waals surface area contributed by atoms with E-state index in [4.69, 9.17) is 0 Å². The summed E-state index contributed by atoms with van der Waals surface area (Å²) < 4.78 is 0. The third-order valence-electron chi connectivity index (χ3n) is 7.37. The van der Waals surface area contributed by atoms with Gasteiger partial charge in [-0.05, 0) is 36.0 Å². The van der Waals surface area contributed by atoms with E-state index in [-0.39, 0.29) is 16.7 Å². The fraction of sp³-hybridized carbons (Fsp3) is 0.417. The molecule has 0 unspecified atom stereocenters. The average Bonchev–Trinajstić information content (AvgIpc) is 2.96. The van der Waals surface area contributed by atoms with Crippen molar-refractivity contribution in [3.05, 3.63) is 81.4 Å². The molecule has 0 bridgehead atoms. The Bertz CT molecular complexity index is 1060. The molecule has 160 valence electrons. The number of benzene rings is 2. The molecule has 3 aliphatic heterocycles. The maximum Gasteiger partial charge on any atom is 0.245 e. The van der Waals surface area contributed by atoms with Crippen molar-refractivity contribution in [2.75, 3.05) is 20.1 Å². The van der Waals surface area contributed by atoms with Crippen molar-refractivity contribution >= 4 is 11.8 Å². The molecule has 0 aromatic heterocycles. The Hall–Kier alpha value is -3.22. The molecule has 4 atom stereocenters. The molecule has 0 N–H and O–H groups in total. The molecule has 7 nitrogen and oxygen atoms in total. The van der Waals surface area contributed by atoms with Gasteiger partial charge in [0.15, 0.2) is 0 Å². The number of hydrogen-bond acceptors (Lipinski definition) is 4. The van der Waals surface area contributed by atoms with Crippen LogP contribution < -0.4 is 0 Å². The molecule has 2 amide bonds. The molecule has 3 aliphatic rings. The summed E-state index contributed by atoms with van der Waals surface area (Å²) in [6.45, 7) is 0.843. The predicted octanol–water partition coefficient (Wildman–Crippen LogP) is 2.79. The van der Waals surface area contributed by atoms with E-state index in [9.17, 15) is 19.7 Å². The van der Waals surface area contributed by atoms with Gasteiger partial charge in [-0.1, -0.05) is 54.6 Å². The topological polar surface area (TPSA) is 83.8 Å². The zero-order chi connectivity index (χ0) is 21.8. The zero-order valence-electron chi connectivity index (χ0n) is 17.4. The van der Waals surface area contributed by atoms with Gasteiger partial charge in [0.05, 0.1) is 5.92 Å². The smallest absolute Gasteiger partial charge is 0.245 e. The molecule has 31 heavy (non-hydrogen) atoms. The van der Waals surface area contributed by atoms with Crippen LogP contribution in [0.1, 0.15) is 41.5 Å². The van der Waals surface area contributed by atoms with Gasteiger partial charge < -0.3 is 9.80 Å².